The van der Waals surface area contributed by atoms with Crippen LogP contribution in [0.15, 0.2) is 78.9 Å². The van der Waals surface area contributed by atoms with E-state index in [0.29, 0.717) is 32.8 Å². The summed E-state index contributed by atoms with van der Waals surface area (Å²) >= 11 is 0. The van der Waals surface area contributed by atoms with Gasteiger partial charge in [-0.2, -0.15) is 0 Å². The molecular formula is C35H42N6O5. The van der Waals surface area contributed by atoms with Crippen molar-refractivity contribution in [2.45, 2.75) is 45.1 Å². The summed E-state index contributed by atoms with van der Waals surface area (Å²) in [5.41, 5.74) is 3.83. The van der Waals surface area contributed by atoms with E-state index in [4.69, 9.17) is 4.74 Å². The van der Waals surface area contributed by atoms with Crippen molar-refractivity contribution in [3.63, 3.8) is 0 Å². The molecule has 3 heterocycles. The second kappa shape index (κ2) is 14.2. The third kappa shape index (κ3) is 6.95. The lowest BCUT2D eigenvalue weighted by Gasteiger charge is -2.55. The number of phenolic OH excluding ortho intramolecular Hbond substituents is 1. The molecule has 11 heteroatoms. The Morgan fingerprint density at radius 3 is 2.41 bits per heavy atom. The lowest BCUT2D eigenvalue weighted by molar-refractivity contribution is -0.190. The van der Waals surface area contributed by atoms with Crippen LogP contribution in [0, 0.1) is 0 Å². The smallest absolute Gasteiger partial charge is 0.334 e. The van der Waals surface area contributed by atoms with Crippen molar-refractivity contribution in [3.05, 3.63) is 95.6 Å². The van der Waals surface area contributed by atoms with E-state index in [2.05, 4.69) is 22.3 Å². The molecule has 0 spiro atoms. The molecule has 242 valence electrons. The molecular weight excluding hydrogens is 584 g/mol. The zero-order valence-electron chi connectivity index (χ0n) is 26.3. The van der Waals surface area contributed by atoms with E-state index in [1.165, 1.54) is 0 Å². The maximum Gasteiger partial charge on any atom is 0.334 e. The lowest BCUT2D eigenvalue weighted by Crippen LogP contribution is -2.76. The Hall–Kier alpha value is -4.61. The summed E-state index contributed by atoms with van der Waals surface area (Å²) in [6, 6.07) is 23.5. The van der Waals surface area contributed by atoms with Crippen molar-refractivity contribution in [1.29, 1.82) is 0 Å². The molecule has 2 N–H and O–H groups in total. The van der Waals surface area contributed by atoms with Gasteiger partial charge < -0.3 is 29.9 Å². The number of phenols is 1. The highest BCUT2D eigenvalue weighted by Gasteiger charge is 2.51. The Morgan fingerprint density at radius 1 is 0.935 bits per heavy atom. The molecule has 0 radical (unpaired) electrons. The fraction of sp³-hybridized carbons (Fsp3) is 0.400. The summed E-state index contributed by atoms with van der Waals surface area (Å²) in [6.45, 7) is 6.36. The predicted octanol–water partition coefficient (Wildman–Crippen LogP) is 3.19. The molecule has 46 heavy (non-hydrogen) atoms. The number of fused-ring (bicyclic) bond motifs is 1. The Labute approximate surface area is 269 Å². The molecule has 0 bridgehead atoms. The first-order valence-electron chi connectivity index (χ1n) is 16.1. The lowest BCUT2D eigenvalue weighted by atomic mass is 9.98. The zero-order chi connectivity index (χ0) is 32.0. The van der Waals surface area contributed by atoms with Crippen LogP contribution >= 0.6 is 0 Å². The Kier molecular flexibility index (Phi) is 9.70. The number of ether oxygens (including phenoxy) is 1. The van der Waals surface area contributed by atoms with Crippen LogP contribution in [0.3, 0.4) is 0 Å². The summed E-state index contributed by atoms with van der Waals surface area (Å²) in [6.07, 6.45) is 0.320. The number of piperazine rings is 1. The SMILES string of the molecule is CCCN1CC(=O)N2[C@@H](Cc3ccc(O)cc3)C(=O)N(Cc3cccc(N4CCOCC4)c3)C[C@@H]2N1C(=O)NCc1ccccc1. The maximum atomic E-state index is 14.3. The summed E-state index contributed by atoms with van der Waals surface area (Å²) in [4.78, 5) is 47.8. The van der Waals surface area contributed by atoms with Gasteiger partial charge in [0.05, 0.1) is 26.3 Å². The van der Waals surface area contributed by atoms with E-state index in [-0.39, 0.29) is 43.1 Å². The number of rotatable bonds is 9. The van der Waals surface area contributed by atoms with Gasteiger partial charge in [0.15, 0.2) is 0 Å². The fourth-order valence-corrected chi connectivity index (χ4v) is 6.59. The predicted molar refractivity (Wildman–Crippen MR) is 174 cm³/mol. The molecule has 3 aromatic carbocycles. The van der Waals surface area contributed by atoms with Gasteiger partial charge in [0, 0.05) is 44.8 Å². The Balaban J connectivity index is 1.32. The standard InChI is InChI=1S/C35H42N6O5/c1-2-15-39-25-33(43)40-31(21-26-11-13-30(42)14-12-26)34(44)38(23-28-9-6-10-29(20-28)37-16-18-46-19-17-37)24-32(40)41(39)35(45)36-22-27-7-4-3-5-8-27/h3-14,20,31-32,42H,2,15-19,21-25H2,1H3,(H,36,45)/t31-,32-/m0/s1. The summed E-state index contributed by atoms with van der Waals surface area (Å²) < 4.78 is 5.53. The van der Waals surface area contributed by atoms with Crippen LogP contribution in [0.5, 0.6) is 5.75 Å². The van der Waals surface area contributed by atoms with E-state index < -0.39 is 12.2 Å². The highest BCUT2D eigenvalue weighted by Crippen LogP contribution is 2.30. The fourth-order valence-electron chi connectivity index (χ4n) is 6.59. The molecule has 3 saturated heterocycles. The van der Waals surface area contributed by atoms with Gasteiger partial charge in [0.1, 0.15) is 18.0 Å². The van der Waals surface area contributed by atoms with Crippen LogP contribution < -0.4 is 10.2 Å². The average Bonchev–Trinajstić information content (AvgIpc) is 3.07. The number of benzene rings is 3. The van der Waals surface area contributed by atoms with Gasteiger partial charge in [0.2, 0.25) is 11.8 Å². The van der Waals surface area contributed by atoms with Crippen molar-refractivity contribution in [1.82, 2.24) is 25.1 Å². The Morgan fingerprint density at radius 2 is 1.67 bits per heavy atom. The highest BCUT2D eigenvalue weighted by atomic mass is 16.5. The summed E-state index contributed by atoms with van der Waals surface area (Å²) in [7, 11) is 0. The second-order valence-electron chi connectivity index (χ2n) is 12.0. The third-order valence-corrected chi connectivity index (χ3v) is 8.83. The molecule has 2 atom stereocenters. The molecule has 6 rings (SSSR count). The van der Waals surface area contributed by atoms with Gasteiger partial charge in [-0.05, 0) is 47.4 Å². The molecule has 11 nitrogen and oxygen atoms in total. The van der Waals surface area contributed by atoms with Gasteiger partial charge in [-0.3, -0.25) is 9.59 Å². The van der Waals surface area contributed by atoms with E-state index in [1.807, 2.05) is 54.4 Å². The first-order valence-corrected chi connectivity index (χ1v) is 16.1. The van der Waals surface area contributed by atoms with Gasteiger partial charge in [-0.15, -0.1) is 0 Å². The number of nitrogens with one attached hydrogen (secondary N) is 1. The number of hydrogen-bond donors (Lipinski definition) is 2. The average molecular weight is 627 g/mol. The minimum absolute atomic E-state index is 0.00402. The first kappa shape index (κ1) is 31.4. The monoisotopic (exact) mass is 626 g/mol. The normalized spacial score (nSPS) is 20.5. The zero-order valence-corrected chi connectivity index (χ0v) is 26.3. The minimum atomic E-state index is -0.814. The van der Waals surface area contributed by atoms with Crippen LogP contribution in [0.2, 0.25) is 0 Å². The molecule has 0 aromatic heterocycles. The van der Waals surface area contributed by atoms with Crippen LogP contribution in [0.25, 0.3) is 0 Å². The van der Waals surface area contributed by atoms with Crippen LogP contribution in [-0.2, 0) is 33.8 Å². The Bertz CT molecular complexity index is 1510. The van der Waals surface area contributed by atoms with Crippen LogP contribution in [0.1, 0.15) is 30.0 Å². The van der Waals surface area contributed by atoms with Crippen LogP contribution in [-0.4, -0.2) is 101 Å². The third-order valence-electron chi connectivity index (χ3n) is 8.83. The largest absolute Gasteiger partial charge is 0.508 e. The molecule has 3 aliphatic heterocycles. The van der Waals surface area contributed by atoms with E-state index >= 15 is 0 Å². The molecule has 0 aliphatic carbocycles. The molecule has 3 aromatic rings. The van der Waals surface area contributed by atoms with Gasteiger partial charge in [0.25, 0.3) is 0 Å². The van der Waals surface area contributed by atoms with Gasteiger partial charge in [-0.25, -0.2) is 14.8 Å². The van der Waals surface area contributed by atoms with E-state index in [9.17, 15) is 19.5 Å². The first-order chi connectivity index (χ1) is 22.4. The second-order valence-corrected chi connectivity index (χ2v) is 12.0. The van der Waals surface area contributed by atoms with Crippen molar-refractivity contribution in [2.75, 3.05) is 50.8 Å². The topological polar surface area (TPSA) is 109 Å². The quantitative estimate of drug-likeness (QED) is 0.376. The molecule has 0 saturated carbocycles. The van der Waals surface area contributed by atoms with E-state index in [1.54, 1.807) is 39.1 Å². The number of carbonyl (C=O) groups excluding carboxylic acids is 3. The summed E-state index contributed by atoms with van der Waals surface area (Å²) in [5.74, 6) is -0.219. The van der Waals surface area contributed by atoms with E-state index in [0.717, 1.165) is 41.9 Å². The number of carbonyl (C=O) groups is 3. The highest BCUT2D eigenvalue weighted by molar-refractivity contribution is 5.91. The number of nitrogens with zero attached hydrogens (tertiary/aromatic N) is 5. The van der Waals surface area contributed by atoms with Crippen molar-refractivity contribution < 1.29 is 24.2 Å². The molecule has 3 fully saturated rings. The molecule has 0 unspecified atom stereocenters. The number of aromatic hydroxyl groups is 1. The van der Waals surface area contributed by atoms with Gasteiger partial charge in [-0.1, -0.05) is 61.5 Å². The molecule has 3 aliphatic rings. The number of morpholine rings is 1. The number of hydrazine groups is 1. The van der Waals surface area contributed by atoms with Crippen molar-refractivity contribution in [3.8, 4) is 5.75 Å². The number of urea groups is 1. The maximum absolute atomic E-state index is 14.3. The number of anilines is 1. The molecule has 4 amide bonds. The van der Waals surface area contributed by atoms with Crippen molar-refractivity contribution >= 4 is 23.5 Å². The number of amides is 4. The minimum Gasteiger partial charge on any atom is -0.508 e. The number of hydrogen-bond acceptors (Lipinski definition) is 7. The van der Waals surface area contributed by atoms with Gasteiger partial charge >= 0.3 is 6.03 Å². The van der Waals surface area contributed by atoms with Crippen molar-refractivity contribution in [2.24, 2.45) is 0 Å². The van der Waals surface area contributed by atoms with Crippen LogP contribution in [0.4, 0.5) is 10.5 Å². The summed E-state index contributed by atoms with van der Waals surface area (Å²) in [5, 5.41) is 16.4.